The number of hydrogen-bond acceptors (Lipinski definition) is 3. The zero-order chi connectivity index (χ0) is 10.4. The number of hydrogen-bond donors (Lipinski definition) is 2. The molecule has 0 aromatic carbocycles. The molecule has 0 aliphatic heterocycles. The summed E-state index contributed by atoms with van der Waals surface area (Å²) in [6, 6.07) is 0.202. The van der Waals surface area contributed by atoms with E-state index in [2.05, 4.69) is 5.32 Å². The second kappa shape index (κ2) is 5.86. The second-order valence-electron chi connectivity index (χ2n) is 3.88. The van der Waals surface area contributed by atoms with E-state index in [4.69, 9.17) is 10.5 Å². The number of carbonyl (C=O) groups is 1. The van der Waals surface area contributed by atoms with Crippen LogP contribution in [0.5, 0.6) is 0 Å². The maximum atomic E-state index is 11.2. The summed E-state index contributed by atoms with van der Waals surface area (Å²) in [5.41, 5.74) is 5.79. The van der Waals surface area contributed by atoms with Gasteiger partial charge in [0.1, 0.15) is 6.10 Å². The lowest BCUT2D eigenvalue weighted by Crippen LogP contribution is -2.36. The Bertz CT molecular complexity index is 185. The summed E-state index contributed by atoms with van der Waals surface area (Å²) < 4.78 is 5.23. The Hall–Kier alpha value is -0.770. The lowest BCUT2D eigenvalue weighted by molar-refractivity contribution is 0.0706. The van der Waals surface area contributed by atoms with Gasteiger partial charge in [-0.1, -0.05) is 6.92 Å². The molecule has 1 rings (SSSR count). The van der Waals surface area contributed by atoms with Crippen molar-refractivity contribution in [2.24, 2.45) is 5.73 Å². The number of amides is 1. The van der Waals surface area contributed by atoms with Gasteiger partial charge in [-0.25, -0.2) is 4.79 Å². The largest absolute Gasteiger partial charge is 0.446 e. The van der Waals surface area contributed by atoms with E-state index in [1.807, 2.05) is 6.92 Å². The van der Waals surface area contributed by atoms with Gasteiger partial charge in [-0.05, 0) is 32.1 Å². The molecule has 0 heterocycles. The van der Waals surface area contributed by atoms with E-state index in [-0.39, 0.29) is 18.2 Å². The molecule has 0 spiro atoms. The first-order valence-corrected chi connectivity index (χ1v) is 5.42. The second-order valence-corrected chi connectivity index (χ2v) is 3.88. The van der Waals surface area contributed by atoms with Gasteiger partial charge in [-0.3, -0.25) is 0 Å². The summed E-state index contributed by atoms with van der Waals surface area (Å²) >= 11 is 0. The van der Waals surface area contributed by atoms with Crippen LogP contribution in [-0.2, 0) is 4.74 Å². The van der Waals surface area contributed by atoms with Crippen LogP contribution in [0.3, 0.4) is 0 Å². The summed E-state index contributed by atoms with van der Waals surface area (Å²) in [6.45, 7) is 2.69. The van der Waals surface area contributed by atoms with Crippen molar-refractivity contribution < 1.29 is 9.53 Å². The van der Waals surface area contributed by atoms with Gasteiger partial charge in [0.15, 0.2) is 0 Å². The summed E-state index contributed by atoms with van der Waals surface area (Å²) in [5, 5.41) is 2.69. The molecule has 0 bridgehead atoms. The molecule has 1 saturated carbocycles. The first-order valence-electron chi connectivity index (χ1n) is 5.42. The van der Waals surface area contributed by atoms with Crippen molar-refractivity contribution >= 4 is 6.09 Å². The smallest absolute Gasteiger partial charge is 0.407 e. The average molecular weight is 200 g/mol. The van der Waals surface area contributed by atoms with Gasteiger partial charge in [0.2, 0.25) is 0 Å². The molecule has 2 atom stereocenters. The Morgan fingerprint density at radius 3 is 3.00 bits per heavy atom. The van der Waals surface area contributed by atoms with E-state index in [0.717, 1.165) is 32.1 Å². The van der Waals surface area contributed by atoms with Crippen molar-refractivity contribution in [2.45, 2.75) is 51.2 Å². The van der Waals surface area contributed by atoms with E-state index in [0.29, 0.717) is 6.54 Å². The summed E-state index contributed by atoms with van der Waals surface area (Å²) in [7, 11) is 0. The third-order valence-corrected chi connectivity index (χ3v) is 2.46. The normalized spacial score (nSPS) is 27.0. The first-order chi connectivity index (χ1) is 6.72. The van der Waals surface area contributed by atoms with Crippen LogP contribution in [-0.4, -0.2) is 24.8 Å². The summed E-state index contributed by atoms with van der Waals surface area (Å²) in [6.07, 6.45) is 4.52. The fraction of sp³-hybridized carbons (Fsp3) is 0.900. The third-order valence-electron chi connectivity index (χ3n) is 2.46. The topological polar surface area (TPSA) is 64.3 Å². The molecule has 0 aromatic rings. The minimum Gasteiger partial charge on any atom is -0.446 e. The number of carbonyl (C=O) groups excluding carboxylic acids is 1. The fourth-order valence-corrected chi connectivity index (χ4v) is 1.71. The maximum absolute atomic E-state index is 11.2. The Morgan fingerprint density at radius 1 is 1.57 bits per heavy atom. The molecule has 3 N–H and O–H groups in total. The third kappa shape index (κ3) is 3.96. The Morgan fingerprint density at radius 2 is 2.36 bits per heavy atom. The number of rotatable bonds is 3. The number of alkyl carbamates (subject to hydrolysis) is 1. The van der Waals surface area contributed by atoms with E-state index in [1.54, 1.807) is 0 Å². The predicted octanol–water partition coefficient (Wildman–Crippen LogP) is 1.39. The lowest BCUT2D eigenvalue weighted by Gasteiger charge is -2.26. The molecule has 1 aliphatic carbocycles. The van der Waals surface area contributed by atoms with E-state index in [1.165, 1.54) is 0 Å². The van der Waals surface area contributed by atoms with Crippen molar-refractivity contribution in [1.29, 1.82) is 0 Å². The molecule has 0 radical (unpaired) electrons. The van der Waals surface area contributed by atoms with Gasteiger partial charge >= 0.3 is 6.09 Å². The van der Waals surface area contributed by atoms with Crippen LogP contribution >= 0.6 is 0 Å². The summed E-state index contributed by atoms with van der Waals surface area (Å²) in [4.78, 5) is 11.2. The molecule has 82 valence electrons. The molecule has 0 aromatic heterocycles. The van der Waals surface area contributed by atoms with Gasteiger partial charge in [0.25, 0.3) is 0 Å². The van der Waals surface area contributed by atoms with Crippen molar-refractivity contribution in [1.82, 2.24) is 5.32 Å². The van der Waals surface area contributed by atoms with Gasteiger partial charge in [-0.2, -0.15) is 0 Å². The minimum absolute atomic E-state index is 0.0237. The van der Waals surface area contributed by atoms with Crippen molar-refractivity contribution in [3.8, 4) is 0 Å². The average Bonchev–Trinajstić information content (AvgIpc) is 2.15. The van der Waals surface area contributed by atoms with Crippen LogP contribution in [0.2, 0.25) is 0 Å². The Labute approximate surface area is 85.2 Å². The van der Waals surface area contributed by atoms with Crippen molar-refractivity contribution in [2.75, 3.05) is 6.54 Å². The van der Waals surface area contributed by atoms with Crippen LogP contribution in [0, 0.1) is 0 Å². The number of nitrogens with two attached hydrogens (primary N) is 1. The van der Waals surface area contributed by atoms with Crippen LogP contribution in [0.1, 0.15) is 39.0 Å². The molecule has 4 nitrogen and oxygen atoms in total. The zero-order valence-corrected chi connectivity index (χ0v) is 8.79. The lowest BCUT2D eigenvalue weighted by atomic mass is 9.94. The first kappa shape index (κ1) is 11.3. The van der Waals surface area contributed by atoms with Crippen LogP contribution in [0.25, 0.3) is 0 Å². The highest BCUT2D eigenvalue weighted by atomic mass is 16.6. The molecule has 14 heavy (non-hydrogen) atoms. The van der Waals surface area contributed by atoms with E-state index >= 15 is 0 Å². The Kier molecular flexibility index (Phi) is 4.73. The Balaban J connectivity index is 2.18. The van der Waals surface area contributed by atoms with Crippen molar-refractivity contribution in [3.63, 3.8) is 0 Å². The molecular weight excluding hydrogens is 180 g/mol. The predicted molar refractivity (Wildman–Crippen MR) is 55.0 cm³/mol. The van der Waals surface area contributed by atoms with Gasteiger partial charge in [0.05, 0.1) is 0 Å². The SMILES string of the molecule is CCCNC(=O)OC1CCCC(N)C1. The minimum atomic E-state index is -0.300. The highest BCUT2D eigenvalue weighted by Crippen LogP contribution is 2.19. The maximum Gasteiger partial charge on any atom is 0.407 e. The molecule has 4 heteroatoms. The van der Waals surface area contributed by atoms with Gasteiger partial charge < -0.3 is 15.8 Å². The highest BCUT2D eigenvalue weighted by Gasteiger charge is 2.22. The van der Waals surface area contributed by atoms with Crippen LogP contribution in [0.4, 0.5) is 4.79 Å². The molecule has 0 saturated heterocycles. The molecule has 1 fully saturated rings. The van der Waals surface area contributed by atoms with Gasteiger partial charge in [0, 0.05) is 12.6 Å². The number of ether oxygens (including phenoxy) is 1. The van der Waals surface area contributed by atoms with Crippen LogP contribution in [0.15, 0.2) is 0 Å². The van der Waals surface area contributed by atoms with Crippen molar-refractivity contribution in [3.05, 3.63) is 0 Å². The summed E-state index contributed by atoms with van der Waals surface area (Å²) in [5.74, 6) is 0. The highest BCUT2D eigenvalue weighted by molar-refractivity contribution is 5.67. The molecule has 2 unspecified atom stereocenters. The quantitative estimate of drug-likeness (QED) is 0.723. The zero-order valence-electron chi connectivity index (χ0n) is 8.79. The molecular formula is C10H20N2O2. The fourth-order valence-electron chi connectivity index (χ4n) is 1.71. The van der Waals surface area contributed by atoms with E-state index in [9.17, 15) is 4.79 Å². The number of nitrogens with one attached hydrogen (secondary N) is 1. The monoisotopic (exact) mass is 200 g/mol. The molecule has 1 amide bonds. The van der Waals surface area contributed by atoms with E-state index < -0.39 is 0 Å². The standard InChI is InChI=1S/C10H20N2O2/c1-2-6-12-10(13)14-9-5-3-4-8(11)7-9/h8-9H,2-7,11H2,1H3,(H,12,13). The van der Waals surface area contributed by atoms with Gasteiger partial charge in [-0.15, -0.1) is 0 Å². The molecule has 1 aliphatic rings. The van der Waals surface area contributed by atoms with Crippen LogP contribution < -0.4 is 11.1 Å².